The van der Waals surface area contributed by atoms with E-state index in [0.29, 0.717) is 18.1 Å². The zero-order valence-corrected chi connectivity index (χ0v) is 24.1. The number of fused-ring (bicyclic) bond motifs is 1. The van der Waals surface area contributed by atoms with Crippen molar-refractivity contribution in [3.8, 4) is 33.8 Å². The Morgan fingerprint density at radius 2 is 1.79 bits per heavy atom. The summed E-state index contributed by atoms with van der Waals surface area (Å²) in [5.74, 6) is 0.422. The van der Waals surface area contributed by atoms with E-state index in [1.165, 1.54) is 5.56 Å². The molecule has 9 heteroatoms. The van der Waals surface area contributed by atoms with Crippen molar-refractivity contribution in [1.82, 2.24) is 24.6 Å². The minimum atomic E-state index is -0.0585. The van der Waals surface area contributed by atoms with Crippen LogP contribution in [0.1, 0.15) is 10.4 Å². The van der Waals surface area contributed by atoms with E-state index in [0.717, 1.165) is 49.9 Å². The molecule has 7 aromatic rings. The maximum atomic E-state index is 12.7. The monoisotopic (exact) mass is 581 g/mol. The molecule has 2 aromatic carbocycles. The van der Waals surface area contributed by atoms with E-state index in [4.69, 9.17) is 10.1 Å². The van der Waals surface area contributed by atoms with Crippen molar-refractivity contribution in [3.63, 3.8) is 0 Å². The zero-order valence-electron chi connectivity index (χ0n) is 23.3. The Kier molecular flexibility index (Phi) is 6.98. The van der Waals surface area contributed by atoms with Gasteiger partial charge in [0, 0.05) is 51.7 Å². The van der Waals surface area contributed by atoms with E-state index < -0.39 is 0 Å². The first-order chi connectivity index (χ1) is 21.1. The Labute approximate surface area is 252 Å². The highest BCUT2D eigenvalue weighted by atomic mass is 32.1. The van der Waals surface area contributed by atoms with Crippen LogP contribution in [0, 0.1) is 6.92 Å². The summed E-state index contributed by atoms with van der Waals surface area (Å²) in [6.45, 7) is 2.08. The molecule has 3 N–H and O–H groups in total. The predicted molar refractivity (Wildman–Crippen MR) is 173 cm³/mol. The number of rotatable bonds is 8. The van der Waals surface area contributed by atoms with Gasteiger partial charge < -0.3 is 15.6 Å². The van der Waals surface area contributed by atoms with E-state index in [1.807, 2.05) is 95.1 Å². The van der Waals surface area contributed by atoms with Crippen LogP contribution in [0.2, 0.25) is 0 Å². The molecule has 0 spiro atoms. The molecular formula is C34H27N7OS. The average Bonchev–Trinajstić information content (AvgIpc) is 3.78. The number of aromatic amines is 1. The van der Waals surface area contributed by atoms with Crippen molar-refractivity contribution in [1.29, 1.82) is 0 Å². The van der Waals surface area contributed by atoms with Gasteiger partial charge in [0.25, 0.3) is 0 Å². The molecule has 0 saturated carbocycles. The third kappa shape index (κ3) is 5.53. The molecule has 5 aromatic heterocycles. The van der Waals surface area contributed by atoms with Gasteiger partial charge in [-0.1, -0.05) is 36.4 Å². The minimum absolute atomic E-state index is 0.0585. The minimum Gasteiger partial charge on any atom is -0.361 e. The summed E-state index contributed by atoms with van der Waals surface area (Å²) in [4.78, 5) is 26.5. The van der Waals surface area contributed by atoms with Crippen LogP contribution >= 0.6 is 11.3 Å². The number of amides is 1. The van der Waals surface area contributed by atoms with E-state index in [-0.39, 0.29) is 5.91 Å². The molecule has 0 atom stereocenters. The van der Waals surface area contributed by atoms with Gasteiger partial charge in [0.15, 0.2) is 0 Å². The average molecular weight is 582 g/mol. The van der Waals surface area contributed by atoms with Gasteiger partial charge in [0.05, 0.1) is 23.2 Å². The van der Waals surface area contributed by atoms with Gasteiger partial charge >= 0.3 is 0 Å². The Morgan fingerprint density at radius 1 is 0.930 bits per heavy atom. The van der Waals surface area contributed by atoms with E-state index in [2.05, 4.69) is 45.7 Å². The number of carbonyl (C=O) groups is 1. The lowest BCUT2D eigenvalue weighted by atomic mass is 10.0. The summed E-state index contributed by atoms with van der Waals surface area (Å²) in [7, 11) is 0. The highest BCUT2D eigenvalue weighted by Gasteiger charge is 2.19. The molecule has 0 aliphatic carbocycles. The second-order valence-electron chi connectivity index (χ2n) is 10.1. The van der Waals surface area contributed by atoms with Gasteiger partial charge in [0.1, 0.15) is 5.69 Å². The van der Waals surface area contributed by atoms with Gasteiger partial charge in [-0.3, -0.25) is 4.79 Å². The molecule has 0 fully saturated rings. The largest absolute Gasteiger partial charge is 0.361 e. The molecule has 1 amide bonds. The van der Waals surface area contributed by atoms with Crippen LogP contribution in [-0.4, -0.2) is 30.5 Å². The number of thiophene rings is 1. The maximum Gasteiger partial charge on any atom is 0.229 e. The lowest BCUT2D eigenvalue weighted by Crippen LogP contribution is -2.13. The Bertz CT molecular complexity index is 2060. The van der Waals surface area contributed by atoms with Gasteiger partial charge in [0.2, 0.25) is 11.9 Å². The van der Waals surface area contributed by atoms with Crippen LogP contribution in [0.25, 0.3) is 39.3 Å². The molecule has 5 heterocycles. The number of aromatic nitrogens is 5. The standard InChI is InChI=1S/C34H27N7OS/c1-22-13-15-35-32(22)23-7-4-10-26(19-23)38-34-36-16-14-28(39-34)31-29-12-2-3-17-41(29)40-33(31)24-8-5-9-25(20-24)37-30(42)21-27-11-6-18-43-27/h2-20,35H,21H2,1H3,(H,37,42)(H,36,38,39). The second-order valence-corrected chi connectivity index (χ2v) is 11.2. The predicted octanol–water partition coefficient (Wildman–Crippen LogP) is 7.75. The van der Waals surface area contributed by atoms with E-state index >= 15 is 0 Å². The molecule has 0 unspecified atom stereocenters. The Hall–Kier alpha value is -5.54. The van der Waals surface area contributed by atoms with Crippen LogP contribution in [0.5, 0.6) is 0 Å². The number of anilines is 3. The maximum absolute atomic E-state index is 12.7. The lowest BCUT2D eigenvalue weighted by molar-refractivity contribution is -0.115. The Morgan fingerprint density at radius 3 is 2.63 bits per heavy atom. The summed E-state index contributed by atoms with van der Waals surface area (Å²) in [5, 5.41) is 13.3. The number of hydrogen-bond acceptors (Lipinski definition) is 6. The molecule has 8 nitrogen and oxygen atoms in total. The van der Waals surface area contributed by atoms with Crippen LogP contribution in [0.4, 0.5) is 17.3 Å². The zero-order chi connectivity index (χ0) is 29.2. The molecule has 43 heavy (non-hydrogen) atoms. The van der Waals surface area contributed by atoms with Crippen molar-refractivity contribution in [3.05, 3.63) is 125 Å². The summed E-state index contributed by atoms with van der Waals surface area (Å²) in [5.41, 5.74) is 9.10. The SMILES string of the molecule is Cc1cc[nH]c1-c1cccc(Nc2nccc(-c3c(-c4cccc(NC(=O)Cc5cccs5)c4)nn4ccccc34)n2)c1. The fourth-order valence-electron chi connectivity index (χ4n) is 5.17. The van der Waals surface area contributed by atoms with Crippen molar-refractivity contribution < 1.29 is 4.79 Å². The first kappa shape index (κ1) is 26.4. The summed E-state index contributed by atoms with van der Waals surface area (Å²) >= 11 is 1.57. The lowest BCUT2D eigenvalue weighted by Gasteiger charge is -2.10. The van der Waals surface area contributed by atoms with Crippen molar-refractivity contribution in [2.75, 3.05) is 10.6 Å². The van der Waals surface area contributed by atoms with Crippen molar-refractivity contribution in [2.24, 2.45) is 0 Å². The highest BCUT2D eigenvalue weighted by Crippen LogP contribution is 2.35. The van der Waals surface area contributed by atoms with Gasteiger partial charge in [-0.2, -0.15) is 5.10 Å². The fourth-order valence-corrected chi connectivity index (χ4v) is 5.88. The molecule has 7 rings (SSSR count). The number of pyridine rings is 1. The van der Waals surface area contributed by atoms with E-state index in [9.17, 15) is 4.79 Å². The summed E-state index contributed by atoms with van der Waals surface area (Å²) in [6.07, 6.45) is 5.95. The number of nitrogens with zero attached hydrogens (tertiary/aromatic N) is 4. The first-order valence-electron chi connectivity index (χ1n) is 13.9. The number of hydrogen-bond donors (Lipinski definition) is 3. The number of nitrogens with one attached hydrogen (secondary N) is 3. The molecule has 0 bridgehead atoms. The van der Waals surface area contributed by atoms with Crippen molar-refractivity contribution >= 4 is 40.1 Å². The van der Waals surface area contributed by atoms with Crippen LogP contribution in [0.3, 0.4) is 0 Å². The fraction of sp³-hybridized carbons (Fsp3) is 0.0588. The third-order valence-electron chi connectivity index (χ3n) is 7.15. The van der Waals surface area contributed by atoms with Gasteiger partial charge in [-0.25, -0.2) is 14.5 Å². The summed E-state index contributed by atoms with van der Waals surface area (Å²) < 4.78 is 1.85. The van der Waals surface area contributed by atoms with Crippen molar-refractivity contribution in [2.45, 2.75) is 13.3 Å². The van der Waals surface area contributed by atoms with Crippen LogP contribution in [0.15, 0.2) is 115 Å². The van der Waals surface area contributed by atoms with Gasteiger partial charge in [-0.15, -0.1) is 11.3 Å². The number of H-pyrrole nitrogens is 1. The molecule has 0 saturated heterocycles. The quantitative estimate of drug-likeness (QED) is 0.170. The third-order valence-corrected chi connectivity index (χ3v) is 8.03. The number of aryl methyl sites for hydroxylation is 1. The normalized spacial score (nSPS) is 11.1. The van der Waals surface area contributed by atoms with Gasteiger partial charge in [-0.05, 0) is 72.5 Å². The molecule has 0 aliphatic rings. The smallest absolute Gasteiger partial charge is 0.229 e. The molecule has 0 radical (unpaired) electrons. The van der Waals surface area contributed by atoms with Crippen LogP contribution in [-0.2, 0) is 11.2 Å². The number of benzene rings is 2. The van der Waals surface area contributed by atoms with Crippen LogP contribution < -0.4 is 10.6 Å². The topological polar surface area (TPSA) is 100 Å². The molecular weight excluding hydrogens is 554 g/mol. The molecule has 0 aliphatic heterocycles. The number of carbonyl (C=O) groups excluding carboxylic acids is 1. The molecule has 210 valence electrons. The summed E-state index contributed by atoms with van der Waals surface area (Å²) in [6, 6.07) is 29.7. The Balaban J connectivity index is 1.22. The highest BCUT2D eigenvalue weighted by molar-refractivity contribution is 7.10. The van der Waals surface area contributed by atoms with E-state index in [1.54, 1.807) is 17.5 Å². The second kappa shape index (κ2) is 11.4. The first-order valence-corrected chi connectivity index (χ1v) is 14.7.